The molecule has 0 saturated heterocycles. The molecule has 1 fully saturated rings. The van der Waals surface area contributed by atoms with Crippen LogP contribution in [-0.4, -0.2) is 41.4 Å². The summed E-state index contributed by atoms with van der Waals surface area (Å²) in [6.07, 6.45) is 2.80. The van der Waals surface area contributed by atoms with E-state index in [1.165, 1.54) is 6.33 Å². The summed E-state index contributed by atoms with van der Waals surface area (Å²) in [6.45, 7) is 5.64. The molecular formula is C23H26N8O3. The van der Waals surface area contributed by atoms with Gasteiger partial charge >= 0.3 is 0 Å². The van der Waals surface area contributed by atoms with Crippen molar-refractivity contribution < 1.29 is 9.63 Å². The maximum absolute atomic E-state index is 13.7. The fourth-order valence-corrected chi connectivity index (χ4v) is 4.53. The monoisotopic (exact) mass is 462 g/mol. The van der Waals surface area contributed by atoms with Crippen molar-refractivity contribution in [2.75, 3.05) is 17.7 Å². The Labute approximate surface area is 195 Å². The Morgan fingerprint density at radius 1 is 1.26 bits per heavy atom. The van der Waals surface area contributed by atoms with E-state index in [4.69, 9.17) is 15.2 Å². The van der Waals surface area contributed by atoms with E-state index in [1.54, 1.807) is 11.5 Å². The number of hydrogen-bond acceptors (Lipinski definition) is 10. The van der Waals surface area contributed by atoms with Crippen molar-refractivity contribution >= 4 is 22.5 Å². The van der Waals surface area contributed by atoms with Crippen LogP contribution in [0.5, 0.6) is 0 Å². The Bertz CT molecular complexity index is 1420. The molecule has 1 saturated carbocycles. The number of hydrogen-bond donors (Lipinski definition) is 3. The summed E-state index contributed by atoms with van der Waals surface area (Å²) >= 11 is 0. The molecule has 3 aromatic heterocycles. The summed E-state index contributed by atoms with van der Waals surface area (Å²) in [5.74, 6) is 2.02. The number of benzene rings is 1. The van der Waals surface area contributed by atoms with Crippen LogP contribution in [0.1, 0.15) is 49.1 Å². The molecule has 1 aromatic carbocycles. The van der Waals surface area contributed by atoms with Crippen LogP contribution in [0.25, 0.3) is 22.4 Å². The van der Waals surface area contributed by atoms with Gasteiger partial charge in [0.15, 0.2) is 5.82 Å². The molecule has 34 heavy (non-hydrogen) atoms. The number of nitrogens with one attached hydrogen (secondary N) is 1. The van der Waals surface area contributed by atoms with Crippen molar-refractivity contribution in [2.45, 2.75) is 45.7 Å². The summed E-state index contributed by atoms with van der Waals surface area (Å²) in [7, 11) is 0. The Balaban J connectivity index is 1.60. The maximum Gasteiger partial charge on any atom is 0.265 e. The second-order valence-electron chi connectivity index (χ2n) is 8.78. The molecule has 5 rings (SSSR count). The summed E-state index contributed by atoms with van der Waals surface area (Å²) in [6, 6.07) is 5.20. The predicted molar refractivity (Wildman–Crippen MR) is 126 cm³/mol. The van der Waals surface area contributed by atoms with E-state index in [0.29, 0.717) is 33.9 Å². The van der Waals surface area contributed by atoms with Crippen molar-refractivity contribution in [3.8, 4) is 11.5 Å². The van der Waals surface area contributed by atoms with Gasteiger partial charge in [0.25, 0.3) is 11.4 Å². The third-order valence-corrected chi connectivity index (χ3v) is 6.36. The lowest BCUT2D eigenvalue weighted by atomic mass is 9.80. The first-order valence-corrected chi connectivity index (χ1v) is 11.2. The van der Waals surface area contributed by atoms with E-state index in [9.17, 15) is 9.90 Å². The second kappa shape index (κ2) is 8.49. The molecule has 1 atom stereocenters. The number of aliphatic hydroxyl groups excluding tert-OH is 1. The molecule has 0 spiro atoms. The molecule has 11 nitrogen and oxygen atoms in total. The van der Waals surface area contributed by atoms with Gasteiger partial charge in [-0.3, -0.25) is 9.36 Å². The molecule has 0 radical (unpaired) electrons. The van der Waals surface area contributed by atoms with Gasteiger partial charge in [0.2, 0.25) is 0 Å². The van der Waals surface area contributed by atoms with E-state index in [2.05, 4.69) is 25.4 Å². The molecule has 176 valence electrons. The maximum atomic E-state index is 13.7. The fraction of sp³-hybridized carbons (Fsp3) is 0.391. The van der Waals surface area contributed by atoms with Crippen molar-refractivity contribution in [1.29, 1.82) is 0 Å². The molecule has 3 heterocycles. The van der Waals surface area contributed by atoms with Crippen LogP contribution in [-0.2, 0) is 0 Å². The summed E-state index contributed by atoms with van der Waals surface area (Å²) in [5.41, 5.74) is 7.95. The third-order valence-electron chi connectivity index (χ3n) is 6.36. The molecule has 11 heteroatoms. The summed E-state index contributed by atoms with van der Waals surface area (Å²) in [5, 5.41) is 17.3. The number of fused-ring (bicyclic) bond motifs is 1. The van der Waals surface area contributed by atoms with E-state index < -0.39 is 6.04 Å². The molecule has 0 amide bonds. The average Bonchev–Trinajstić information content (AvgIpc) is 3.20. The highest BCUT2D eigenvalue weighted by atomic mass is 16.5. The van der Waals surface area contributed by atoms with Crippen molar-refractivity contribution in [2.24, 2.45) is 5.92 Å². The van der Waals surface area contributed by atoms with Gasteiger partial charge in [0.05, 0.1) is 16.9 Å². The van der Waals surface area contributed by atoms with Gasteiger partial charge in [-0.05, 0) is 51.2 Å². The van der Waals surface area contributed by atoms with Gasteiger partial charge < -0.3 is 20.7 Å². The van der Waals surface area contributed by atoms with E-state index in [1.807, 2.05) is 32.0 Å². The Hall–Kier alpha value is -3.86. The number of nitrogens with zero attached hydrogens (tertiary/aromatic N) is 6. The summed E-state index contributed by atoms with van der Waals surface area (Å²) < 4.78 is 7.07. The Morgan fingerprint density at radius 2 is 2.06 bits per heavy atom. The number of rotatable bonds is 6. The second-order valence-corrected chi connectivity index (χ2v) is 8.78. The quantitative estimate of drug-likeness (QED) is 0.389. The smallest absolute Gasteiger partial charge is 0.265 e. The van der Waals surface area contributed by atoms with Crippen molar-refractivity contribution in [1.82, 2.24) is 29.7 Å². The normalized spacial score (nSPS) is 18.6. The van der Waals surface area contributed by atoms with Crippen LogP contribution < -0.4 is 16.6 Å². The zero-order chi connectivity index (χ0) is 24.0. The first-order chi connectivity index (χ1) is 16.4. The van der Waals surface area contributed by atoms with Gasteiger partial charge in [-0.25, -0.2) is 15.0 Å². The molecule has 1 aliphatic carbocycles. The van der Waals surface area contributed by atoms with E-state index in [-0.39, 0.29) is 35.8 Å². The number of aryl methyl sites for hydroxylation is 2. The first kappa shape index (κ1) is 22.0. The Kier molecular flexibility index (Phi) is 5.48. The number of aromatic nitrogens is 6. The van der Waals surface area contributed by atoms with Crippen LogP contribution in [0.15, 0.2) is 33.8 Å². The fourth-order valence-electron chi connectivity index (χ4n) is 4.53. The third kappa shape index (κ3) is 3.67. The molecule has 1 unspecified atom stereocenters. The van der Waals surface area contributed by atoms with Gasteiger partial charge in [0, 0.05) is 12.6 Å². The topological polar surface area (TPSA) is 158 Å². The zero-order valence-electron chi connectivity index (χ0n) is 19.2. The van der Waals surface area contributed by atoms with Crippen LogP contribution in [0.2, 0.25) is 0 Å². The minimum atomic E-state index is -0.414. The van der Waals surface area contributed by atoms with Crippen LogP contribution in [0.4, 0.5) is 11.6 Å². The highest BCUT2D eigenvalue weighted by Crippen LogP contribution is 2.39. The minimum Gasteiger partial charge on any atom is -0.396 e. The largest absolute Gasteiger partial charge is 0.396 e. The molecule has 1 aliphatic rings. The lowest BCUT2D eigenvalue weighted by Crippen LogP contribution is -2.39. The molecule has 0 aliphatic heterocycles. The molecule has 4 N–H and O–H groups in total. The Morgan fingerprint density at radius 3 is 2.76 bits per heavy atom. The number of nitrogen functional groups attached to an aromatic ring is 1. The van der Waals surface area contributed by atoms with E-state index >= 15 is 0 Å². The summed E-state index contributed by atoms with van der Waals surface area (Å²) in [4.78, 5) is 31.2. The van der Waals surface area contributed by atoms with Gasteiger partial charge in [-0.15, -0.1) is 0 Å². The number of nitrogens with two attached hydrogens (primary N) is 1. The van der Waals surface area contributed by atoms with E-state index in [0.717, 1.165) is 18.4 Å². The lowest BCUT2D eigenvalue weighted by Gasteiger charge is -2.37. The van der Waals surface area contributed by atoms with Gasteiger partial charge in [-0.2, -0.15) is 4.98 Å². The van der Waals surface area contributed by atoms with Crippen LogP contribution in [0.3, 0.4) is 0 Å². The number of aliphatic hydroxyl groups is 1. The predicted octanol–water partition coefficient (Wildman–Crippen LogP) is 2.55. The van der Waals surface area contributed by atoms with Crippen LogP contribution in [0, 0.1) is 19.8 Å². The zero-order valence-corrected chi connectivity index (χ0v) is 19.2. The first-order valence-electron chi connectivity index (χ1n) is 11.2. The number of anilines is 2. The highest BCUT2D eigenvalue weighted by Gasteiger charge is 2.34. The molecule has 0 bridgehead atoms. The average molecular weight is 463 g/mol. The minimum absolute atomic E-state index is 0.0334. The van der Waals surface area contributed by atoms with Gasteiger partial charge in [-0.1, -0.05) is 17.3 Å². The van der Waals surface area contributed by atoms with Gasteiger partial charge in [0.1, 0.15) is 29.4 Å². The van der Waals surface area contributed by atoms with Crippen molar-refractivity contribution in [3.63, 3.8) is 0 Å². The standard InChI is InChI=1S/C23H26N8O3/c1-11-5-4-6-16-17(11)23(33)31(15-7-14(8-15)9-32)21(29-16)12(2)27-20-18(19(24)25-10-26-20)22-28-13(3)30-34-22/h4-6,10,12,14-15,32H,7-9H2,1-3H3,(H3,24,25,26,27). The lowest BCUT2D eigenvalue weighted by molar-refractivity contribution is 0.108. The van der Waals surface area contributed by atoms with Crippen LogP contribution >= 0.6 is 0 Å². The molecular weight excluding hydrogens is 436 g/mol. The molecule has 4 aromatic rings. The SMILES string of the molecule is Cc1noc(-c2c(N)ncnc2NC(C)c2nc3cccc(C)c3c(=O)n2C2CC(CO)C2)n1. The van der Waals surface area contributed by atoms with Crippen molar-refractivity contribution in [3.05, 3.63) is 52.1 Å². The highest BCUT2D eigenvalue weighted by molar-refractivity contribution is 5.81.